The molecule has 7 nitrogen and oxygen atoms in total. The van der Waals surface area contributed by atoms with Crippen LogP contribution in [-0.4, -0.2) is 15.8 Å². The zero-order valence-corrected chi connectivity index (χ0v) is 14.4. The molecule has 3 rings (SSSR count). The summed E-state index contributed by atoms with van der Waals surface area (Å²) in [6.45, 7) is 0.400. The van der Waals surface area contributed by atoms with Crippen LogP contribution in [0, 0.1) is 10.1 Å². The van der Waals surface area contributed by atoms with Crippen LogP contribution < -0.4 is 10.1 Å². The van der Waals surface area contributed by atoms with Crippen molar-refractivity contribution in [3.8, 4) is 5.88 Å². The first-order valence-electron chi connectivity index (χ1n) is 8.27. The van der Waals surface area contributed by atoms with Crippen molar-refractivity contribution in [2.24, 2.45) is 0 Å². The number of nitrogens with zero attached hydrogens (tertiary/aromatic N) is 2. The number of anilines is 1. The molecule has 1 amide bonds. The molecule has 0 aliphatic rings. The Morgan fingerprint density at radius 2 is 1.78 bits per heavy atom. The fraction of sp³-hybridized carbons (Fsp3) is 0.100. The number of hydrogen-bond donors (Lipinski definition) is 1. The minimum absolute atomic E-state index is 0.0737. The Kier molecular flexibility index (Phi) is 5.73. The van der Waals surface area contributed by atoms with Gasteiger partial charge in [-0.3, -0.25) is 14.9 Å². The second-order valence-corrected chi connectivity index (χ2v) is 5.77. The Morgan fingerprint density at radius 3 is 2.48 bits per heavy atom. The Bertz CT molecular complexity index is 927. The van der Waals surface area contributed by atoms with Gasteiger partial charge in [0.25, 0.3) is 5.69 Å². The molecule has 0 atom stereocenters. The van der Waals surface area contributed by atoms with E-state index in [9.17, 15) is 14.9 Å². The quantitative estimate of drug-likeness (QED) is 0.509. The molecule has 27 heavy (non-hydrogen) atoms. The van der Waals surface area contributed by atoms with Crippen LogP contribution in [0.4, 0.5) is 11.4 Å². The van der Waals surface area contributed by atoms with Gasteiger partial charge in [0.2, 0.25) is 11.8 Å². The predicted octanol–water partition coefficient (Wildman–Crippen LogP) is 3.75. The first-order valence-corrected chi connectivity index (χ1v) is 8.27. The zero-order chi connectivity index (χ0) is 19.1. The lowest BCUT2D eigenvalue weighted by Gasteiger charge is -2.08. The van der Waals surface area contributed by atoms with Crippen molar-refractivity contribution < 1.29 is 14.5 Å². The highest BCUT2D eigenvalue weighted by Gasteiger charge is 2.15. The van der Waals surface area contributed by atoms with Gasteiger partial charge in [-0.15, -0.1) is 0 Å². The van der Waals surface area contributed by atoms with E-state index in [0.717, 1.165) is 5.56 Å². The van der Waals surface area contributed by atoms with E-state index in [2.05, 4.69) is 10.3 Å². The van der Waals surface area contributed by atoms with Crippen molar-refractivity contribution in [1.82, 2.24) is 4.98 Å². The topological polar surface area (TPSA) is 94.4 Å². The molecule has 2 aromatic carbocycles. The maximum Gasteiger partial charge on any atom is 0.273 e. The molecule has 0 spiro atoms. The number of rotatable bonds is 7. The number of nitro benzene ring substituents is 1. The average molecular weight is 363 g/mol. The average Bonchev–Trinajstić information content (AvgIpc) is 2.68. The van der Waals surface area contributed by atoms with Gasteiger partial charge in [0.05, 0.1) is 23.2 Å². The van der Waals surface area contributed by atoms with Gasteiger partial charge in [-0.05, 0) is 11.6 Å². The lowest BCUT2D eigenvalue weighted by atomic mass is 10.1. The SMILES string of the molecule is O=C(Cc1ccccc1[N+](=O)[O-])Nc1ccc(OCc2ccccc2)nc1. The summed E-state index contributed by atoms with van der Waals surface area (Å²) < 4.78 is 5.59. The number of amides is 1. The molecule has 0 aliphatic heterocycles. The molecule has 1 N–H and O–H groups in total. The van der Waals surface area contributed by atoms with Crippen LogP contribution in [0.15, 0.2) is 72.9 Å². The van der Waals surface area contributed by atoms with Gasteiger partial charge < -0.3 is 10.1 Å². The third-order valence-corrected chi connectivity index (χ3v) is 3.79. The lowest BCUT2D eigenvalue weighted by molar-refractivity contribution is -0.385. The molecule has 1 heterocycles. The van der Waals surface area contributed by atoms with E-state index in [0.29, 0.717) is 23.7 Å². The fourth-order valence-corrected chi connectivity index (χ4v) is 2.49. The number of pyridine rings is 1. The van der Waals surface area contributed by atoms with Crippen LogP contribution in [0.2, 0.25) is 0 Å². The van der Waals surface area contributed by atoms with Crippen molar-refractivity contribution in [3.63, 3.8) is 0 Å². The summed E-state index contributed by atoms with van der Waals surface area (Å²) in [6.07, 6.45) is 1.39. The number of nitro groups is 1. The smallest absolute Gasteiger partial charge is 0.273 e. The molecule has 0 aliphatic carbocycles. The summed E-state index contributed by atoms with van der Waals surface area (Å²) in [7, 11) is 0. The summed E-state index contributed by atoms with van der Waals surface area (Å²) in [4.78, 5) is 26.8. The van der Waals surface area contributed by atoms with Crippen molar-refractivity contribution in [2.45, 2.75) is 13.0 Å². The lowest BCUT2D eigenvalue weighted by Crippen LogP contribution is -2.15. The molecular weight excluding hydrogens is 346 g/mol. The van der Waals surface area contributed by atoms with Crippen molar-refractivity contribution in [2.75, 3.05) is 5.32 Å². The van der Waals surface area contributed by atoms with Crippen LogP contribution in [0.25, 0.3) is 0 Å². The summed E-state index contributed by atoms with van der Waals surface area (Å²) in [5.41, 5.74) is 1.80. The Hall–Kier alpha value is -3.74. The summed E-state index contributed by atoms with van der Waals surface area (Å²) in [6, 6.07) is 19.2. The first kappa shape index (κ1) is 18.1. The fourth-order valence-electron chi connectivity index (χ4n) is 2.49. The number of nitrogens with one attached hydrogen (secondary N) is 1. The minimum Gasteiger partial charge on any atom is -0.473 e. The predicted molar refractivity (Wildman–Crippen MR) is 100 cm³/mol. The van der Waals surface area contributed by atoms with E-state index in [1.54, 1.807) is 30.3 Å². The van der Waals surface area contributed by atoms with Gasteiger partial charge in [0.1, 0.15) is 6.61 Å². The molecule has 136 valence electrons. The molecule has 7 heteroatoms. The van der Waals surface area contributed by atoms with Gasteiger partial charge in [-0.25, -0.2) is 4.98 Å². The van der Waals surface area contributed by atoms with Gasteiger partial charge in [-0.2, -0.15) is 0 Å². The van der Waals surface area contributed by atoms with Gasteiger partial charge in [-0.1, -0.05) is 48.5 Å². The highest BCUT2D eigenvalue weighted by Crippen LogP contribution is 2.19. The van der Waals surface area contributed by atoms with Gasteiger partial charge >= 0.3 is 0 Å². The molecule has 0 saturated carbocycles. The molecule has 1 aromatic heterocycles. The monoisotopic (exact) mass is 363 g/mol. The molecule has 0 radical (unpaired) electrons. The zero-order valence-electron chi connectivity index (χ0n) is 14.4. The molecule has 0 unspecified atom stereocenters. The van der Waals surface area contributed by atoms with Crippen LogP contribution >= 0.6 is 0 Å². The number of benzene rings is 2. The summed E-state index contributed by atoms with van der Waals surface area (Å²) >= 11 is 0. The molecule has 0 bridgehead atoms. The van der Waals surface area contributed by atoms with E-state index in [1.165, 1.54) is 12.3 Å². The number of aromatic nitrogens is 1. The number of ether oxygens (including phenoxy) is 1. The highest BCUT2D eigenvalue weighted by atomic mass is 16.6. The Morgan fingerprint density at radius 1 is 1.04 bits per heavy atom. The maximum absolute atomic E-state index is 12.2. The van der Waals surface area contributed by atoms with E-state index in [-0.39, 0.29) is 18.0 Å². The van der Waals surface area contributed by atoms with E-state index in [4.69, 9.17) is 4.74 Å². The number of para-hydroxylation sites is 1. The molecule has 0 fully saturated rings. The number of carbonyl (C=O) groups excluding carboxylic acids is 1. The standard InChI is InChI=1S/C20H17N3O4/c24-19(12-16-8-4-5-9-18(16)23(25)26)22-17-10-11-20(21-13-17)27-14-15-6-2-1-3-7-15/h1-11,13H,12,14H2,(H,22,24). The highest BCUT2D eigenvalue weighted by molar-refractivity contribution is 5.92. The van der Waals surface area contributed by atoms with Crippen LogP contribution in [0.1, 0.15) is 11.1 Å². The largest absolute Gasteiger partial charge is 0.473 e. The Balaban J connectivity index is 1.56. The second-order valence-electron chi connectivity index (χ2n) is 5.77. The second kappa shape index (κ2) is 8.57. The van der Waals surface area contributed by atoms with Gasteiger partial charge in [0, 0.05) is 17.7 Å². The van der Waals surface area contributed by atoms with Crippen molar-refractivity contribution in [1.29, 1.82) is 0 Å². The third-order valence-electron chi connectivity index (χ3n) is 3.79. The molecule has 3 aromatic rings. The van der Waals surface area contributed by atoms with Crippen LogP contribution in [0.5, 0.6) is 5.88 Å². The van der Waals surface area contributed by atoms with Crippen molar-refractivity contribution >= 4 is 17.3 Å². The first-order chi connectivity index (χ1) is 13.1. The maximum atomic E-state index is 12.2. The third kappa shape index (κ3) is 5.12. The van der Waals surface area contributed by atoms with E-state index < -0.39 is 4.92 Å². The van der Waals surface area contributed by atoms with E-state index in [1.807, 2.05) is 30.3 Å². The molecular formula is C20H17N3O4. The van der Waals surface area contributed by atoms with Crippen LogP contribution in [-0.2, 0) is 17.8 Å². The van der Waals surface area contributed by atoms with E-state index >= 15 is 0 Å². The summed E-state index contributed by atoms with van der Waals surface area (Å²) in [5.74, 6) is 0.0830. The normalized spacial score (nSPS) is 10.2. The van der Waals surface area contributed by atoms with Crippen LogP contribution in [0.3, 0.4) is 0 Å². The van der Waals surface area contributed by atoms with Gasteiger partial charge in [0.15, 0.2) is 0 Å². The number of hydrogen-bond acceptors (Lipinski definition) is 5. The number of carbonyl (C=O) groups is 1. The minimum atomic E-state index is -0.497. The Labute approximate surface area is 155 Å². The molecule has 0 saturated heterocycles. The summed E-state index contributed by atoms with van der Waals surface area (Å²) in [5, 5.41) is 13.7. The van der Waals surface area contributed by atoms with Crippen molar-refractivity contribution in [3.05, 3.63) is 94.2 Å².